The highest BCUT2D eigenvalue weighted by Gasteiger charge is 2.32. The molecule has 1 saturated heterocycles. The van der Waals surface area contributed by atoms with Gasteiger partial charge in [-0.05, 0) is 6.42 Å². The Morgan fingerprint density at radius 3 is 2.83 bits per heavy atom. The minimum Gasteiger partial charge on any atom is -0.330 e. The molecule has 0 aliphatic carbocycles. The Morgan fingerprint density at radius 1 is 1.56 bits per heavy atom. The molecule has 7 nitrogen and oxygen atoms in total. The number of piperidine rings is 1. The van der Waals surface area contributed by atoms with Gasteiger partial charge in [-0.15, -0.1) is 0 Å². The van der Waals surface area contributed by atoms with Crippen molar-refractivity contribution in [3.63, 3.8) is 0 Å². The Hall–Kier alpha value is -2.18. The lowest BCUT2D eigenvalue weighted by molar-refractivity contribution is -0.136. The van der Waals surface area contributed by atoms with Crippen molar-refractivity contribution in [2.24, 2.45) is 7.05 Å². The maximum atomic E-state index is 12.1. The van der Waals surface area contributed by atoms with E-state index in [-0.39, 0.29) is 18.2 Å². The van der Waals surface area contributed by atoms with Crippen LogP contribution in [0.25, 0.3) is 0 Å². The van der Waals surface area contributed by atoms with E-state index < -0.39 is 11.9 Å². The molecule has 1 unspecified atom stereocenters. The second kappa shape index (κ2) is 4.59. The normalized spacial score (nSPS) is 19.6. The lowest BCUT2D eigenvalue weighted by Crippen LogP contribution is -2.52. The van der Waals surface area contributed by atoms with Crippen molar-refractivity contribution in [1.29, 1.82) is 0 Å². The Labute approximate surface area is 104 Å². The minimum absolute atomic E-state index is 0.251. The van der Waals surface area contributed by atoms with Gasteiger partial charge in [-0.25, -0.2) is 0 Å². The molecule has 7 heteroatoms. The minimum atomic E-state index is -0.601. The van der Waals surface area contributed by atoms with Gasteiger partial charge >= 0.3 is 0 Å². The fourth-order valence-electron chi connectivity index (χ4n) is 1.93. The van der Waals surface area contributed by atoms with Gasteiger partial charge in [0.2, 0.25) is 11.8 Å². The van der Waals surface area contributed by atoms with Crippen molar-refractivity contribution in [3.05, 3.63) is 18.0 Å². The summed E-state index contributed by atoms with van der Waals surface area (Å²) in [5.74, 6) is -0.998. The van der Waals surface area contributed by atoms with Crippen LogP contribution in [0.1, 0.15) is 23.2 Å². The van der Waals surface area contributed by atoms with Crippen LogP contribution in [0.2, 0.25) is 0 Å². The number of carbonyl (C=O) groups is 3. The molecule has 1 fully saturated rings. The molecule has 0 bridgehead atoms. The standard InChI is InChI=1S/C11H14N4O3/c1-14-6-7(5-12-14)11(18)15(2)8-3-4-9(16)13-10(8)17/h5-6,8H,3-4H2,1-2H3,(H,13,16,17). The highest BCUT2D eigenvalue weighted by Crippen LogP contribution is 2.13. The maximum absolute atomic E-state index is 12.1. The molecule has 96 valence electrons. The summed E-state index contributed by atoms with van der Waals surface area (Å²) < 4.78 is 1.52. The Morgan fingerprint density at radius 2 is 2.28 bits per heavy atom. The molecule has 1 aromatic rings. The van der Waals surface area contributed by atoms with Crippen molar-refractivity contribution < 1.29 is 14.4 Å². The molecule has 0 radical (unpaired) electrons. The smallest absolute Gasteiger partial charge is 0.257 e. The summed E-state index contributed by atoms with van der Waals surface area (Å²) in [5.41, 5.74) is 0.421. The summed E-state index contributed by atoms with van der Waals surface area (Å²) in [5, 5.41) is 6.14. The third-order valence-corrected chi connectivity index (χ3v) is 2.95. The van der Waals surface area contributed by atoms with Crippen LogP contribution < -0.4 is 5.32 Å². The summed E-state index contributed by atoms with van der Waals surface area (Å²) in [4.78, 5) is 36.1. The number of likely N-dealkylation sites (N-methyl/N-ethyl adjacent to an activating group) is 1. The van der Waals surface area contributed by atoms with E-state index >= 15 is 0 Å². The molecule has 1 N–H and O–H groups in total. The van der Waals surface area contributed by atoms with Gasteiger partial charge in [0.05, 0.1) is 11.8 Å². The largest absolute Gasteiger partial charge is 0.330 e. The number of hydrogen-bond acceptors (Lipinski definition) is 4. The molecule has 1 aromatic heterocycles. The monoisotopic (exact) mass is 250 g/mol. The average Bonchev–Trinajstić information content (AvgIpc) is 2.74. The number of nitrogens with zero attached hydrogens (tertiary/aromatic N) is 3. The number of aryl methyl sites for hydroxylation is 1. The summed E-state index contributed by atoms with van der Waals surface area (Å²) in [7, 11) is 3.26. The van der Waals surface area contributed by atoms with E-state index in [2.05, 4.69) is 10.4 Å². The molecule has 1 atom stereocenters. The Kier molecular flexibility index (Phi) is 3.14. The topological polar surface area (TPSA) is 84.3 Å². The van der Waals surface area contributed by atoms with Gasteiger partial charge in [-0.2, -0.15) is 5.10 Å². The van der Waals surface area contributed by atoms with Crippen LogP contribution in [-0.2, 0) is 16.6 Å². The second-order valence-corrected chi connectivity index (χ2v) is 4.29. The van der Waals surface area contributed by atoms with Crippen molar-refractivity contribution in [2.45, 2.75) is 18.9 Å². The summed E-state index contributed by atoms with van der Waals surface area (Å²) in [6.07, 6.45) is 3.64. The van der Waals surface area contributed by atoms with Crippen molar-refractivity contribution in [2.75, 3.05) is 7.05 Å². The molecule has 1 aliphatic rings. The van der Waals surface area contributed by atoms with Crippen molar-refractivity contribution in [1.82, 2.24) is 20.0 Å². The van der Waals surface area contributed by atoms with Gasteiger partial charge in [0.1, 0.15) is 6.04 Å². The van der Waals surface area contributed by atoms with Crippen molar-refractivity contribution in [3.8, 4) is 0 Å². The van der Waals surface area contributed by atoms with Gasteiger partial charge in [0, 0.05) is 26.7 Å². The highest BCUT2D eigenvalue weighted by atomic mass is 16.2. The fraction of sp³-hybridized carbons (Fsp3) is 0.455. The predicted octanol–water partition coefficient (Wildman–Crippen LogP) is -0.703. The number of amides is 3. The zero-order valence-corrected chi connectivity index (χ0v) is 10.2. The van der Waals surface area contributed by atoms with Gasteiger partial charge in [-0.3, -0.25) is 24.4 Å². The zero-order chi connectivity index (χ0) is 13.3. The predicted molar refractivity (Wildman–Crippen MR) is 61.5 cm³/mol. The lowest BCUT2D eigenvalue weighted by Gasteiger charge is -2.29. The number of aromatic nitrogens is 2. The molecule has 18 heavy (non-hydrogen) atoms. The van der Waals surface area contributed by atoms with Crippen LogP contribution in [0.4, 0.5) is 0 Å². The third-order valence-electron chi connectivity index (χ3n) is 2.95. The summed E-state index contributed by atoms with van der Waals surface area (Å²) in [6, 6.07) is -0.601. The van der Waals surface area contributed by atoms with E-state index in [0.29, 0.717) is 12.0 Å². The highest BCUT2D eigenvalue weighted by molar-refractivity contribution is 6.03. The average molecular weight is 250 g/mol. The van der Waals surface area contributed by atoms with Crippen molar-refractivity contribution >= 4 is 17.7 Å². The first-order valence-electron chi connectivity index (χ1n) is 5.58. The van der Waals surface area contributed by atoms with Crippen LogP contribution in [0.5, 0.6) is 0 Å². The molecular weight excluding hydrogens is 236 g/mol. The Bertz CT molecular complexity index is 508. The molecule has 2 heterocycles. The number of imide groups is 1. The molecule has 2 rings (SSSR count). The van der Waals surface area contributed by atoms with Gasteiger partial charge in [0.15, 0.2) is 0 Å². The van der Waals surface area contributed by atoms with Crippen LogP contribution in [-0.4, -0.2) is 45.5 Å². The SMILES string of the molecule is CN(C(=O)c1cnn(C)c1)C1CCC(=O)NC1=O. The maximum Gasteiger partial charge on any atom is 0.257 e. The first kappa shape index (κ1) is 12.3. The van der Waals surface area contributed by atoms with E-state index in [9.17, 15) is 14.4 Å². The molecule has 3 amide bonds. The van der Waals surface area contributed by atoms with E-state index in [1.54, 1.807) is 20.3 Å². The number of carbonyl (C=O) groups excluding carboxylic acids is 3. The molecule has 1 aliphatic heterocycles. The number of hydrogen-bond donors (Lipinski definition) is 1. The zero-order valence-electron chi connectivity index (χ0n) is 10.2. The summed E-state index contributed by atoms with van der Waals surface area (Å²) >= 11 is 0. The van der Waals surface area contributed by atoms with E-state index in [4.69, 9.17) is 0 Å². The Balaban J connectivity index is 2.11. The molecule has 0 spiro atoms. The molecule has 0 aromatic carbocycles. The lowest BCUT2D eigenvalue weighted by atomic mass is 10.0. The van der Waals surface area contributed by atoms with E-state index in [1.165, 1.54) is 15.8 Å². The fourth-order valence-corrected chi connectivity index (χ4v) is 1.93. The third kappa shape index (κ3) is 2.24. The van der Waals surface area contributed by atoms with Gasteiger partial charge in [0.25, 0.3) is 5.91 Å². The molecule has 0 saturated carbocycles. The number of nitrogens with one attached hydrogen (secondary N) is 1. The summed E-state index contributed by atoms with van der Waals surface area (Å²) in [6.45, 7) is 0. The van der Waals surface area contributed by atoms with Crippen LogP contribution in [0, 0.1) is 0 Å². The first-order chi connectivity index (χ1) is 8.49. The van der Waals surface area contributed by atoms with E-state index in [0.717, 1.165) is 0 Å². The van der Waals surface area contributed by atoms with Crippen LogP contribution >= 0.6 is 0 Å². The van der Waals surface area contributed by atoms with Crippen LogP contribution in [0.3, 0.4) is 0 Å². The van der Waals surface area contributed by atoms with Gasteiger partial charge < -0.3 is 4.90 Å². The van der Waals surface area contributed by atoms with E-state index in [1.807, 2.05) is 0 Å². The second-order valence-electron chi connectivity index (χ2n) is 4.29. The van der Waals surface area contributed by atoms with Crippen LogP contribution in [0.15, 0.2) is 12.4 Å². The van der Waals surface area contributed by atoms with Gasteiger partial charge in [-0.1, -0.05) is 0 Å². The number of rotatable bonds is 2. The molecular formula is C11H14N4O3. The quantitative estimate of drug-likeness (QED) is 0.703. The first-order valence-corrected chi connectivity index (χ1v) is 5.58.